The van der Waals surface area contributed by atoms with Crippen LogP contribution in [-0.2, 0) is 4.74 Å². The van der Waals surface area contributed by atoms with E-state index in [1.54, 1.807) is 6.92 Å². The number of carbonyl (C=O) groups excluding carboxylic acids is 2. The summed E-state index contributed by atoms with van der Waals surface area (Å²) >= 11 is 0. The highest BCUT2D eigenvalue weighted by Gasteiger charge is 2.22. The third-order valence-electron chi connectivity index (χ3n) is 7.76. The van der Waals surface area contributed by atoms with Crippen molar-refractivity contribution in [2.24, 2.45) is 21.6 Å². The zero-order valence-corrected chi connectivity index (χ0v) is 29.7. The molecule has 0 aliphatic heterocycles. The first-order valence-electron chi connectivity index (χ1n) is 17.0. The molecular weight excluding hydrogens is 624 g/mol. The van der Waals surface area contributed by atoms with E-state index < -0.39 is 12.1 Å². The van der Waals surface area contributed by atoms with Crippen molar-refractivity contribution in [3.63, 3.8) is 0 Å². The second kappa shape index (κ2) is 19.8. The molecule has 1 atom stereocenters. The number of aromatic amines is 1. The van der Waals surface area contributed by atoms with Crippen molar-refractivity contribution >= 4 is 35.1 Å². The lowest BCUT2D eigenvalue weighted by Gasteiger charge is -2.28. The molecule has 0 spiro atoms. The summed E-state index contributed by atoms with van der Waals surface area (Å²) in [4.78, 5) is 44.9. The van der Waals surface area contributed by atoms with Gasteiger partial charge in [-0.15, -0.1) is 0 Å². The highest BCUT2D eigenvalue weighted by molar-refractivity contribution is 5.87. The van der Waals surface area contributed by atoms with Crippen LogP contribution in [0.15, 0.2) is 69.6 Å². The molecule has 0 saturated carbocycles. The Morgan fingerprint density at radius 2 is 1.67 bits per heavy atom. The Labute approximate surface area is 289 Å². The average molecular weight is 677 g/mol. The van der Waals surface area contributed by atoms with Gasteiger partial charge in [0.2, 0.25) is 5.95 Å². The van der Waals surface area contributed by atoms with E-state index in [9.17, 15) is 14.4 Å². The lowest BCUT2D eigenvalue weighted by molar-refractivity contribution is 0.146. The number of alkyl carbamates (subject to hydrolysis) is 1. The maximum absolute atomic E-state index is 12.4. The number of aryl methyl sites for hydroxylation is 1. The SMILES string of the molecule is CCCCOc1ccc(N=Nc2ccc(N(CC)CCOC(=O)NCCC(C)(C)CC(C)CNC(=O)Nc3nc(C)cc(=O)[nH]3)cc2)cc1. The highest BCUT2D eigenvalue weighted by Crippen LogP contribution is 2.29. The van der Waals surface area contributed by atoms with Gasteiger partial charge in [-0.3, -0.25) is 15.1 Å². The van der Waals surface area contributed by atoms with Gasteiger partial charge < -0.3 is 25.0 Å². The van der Waals surface area contributed by atoms with Crippen molar-refractivity contribution in [1.82, 2.24) is 20.6 Å². The Balaban J connectivity index is 1.32. The number of aromatic nitrogens is 2. The standard InChI is InChI=1S/C36H52N8O5/c1-7-9-21-48-31-16-12-29(13-17-31)43-42-28-10-14-30(15-11-28)44(8-2)20-22-49-35(47)37-19-18-36(5,6)24-26(3)25-38-34(46)41-33-39-27(4)23-32(45)40-33/h10-17,23,26H,7-9,18-22,24-25H2,1-6H3,(H,37,47)(H3,38,39,40,41,45,46). The first-order chi connectivity index (χ1) is 23.5. The molecule has 49 heavy (non-hydrogen) atoms. The number of amides is 3. The van der Waals surface area contributed by atoms with Gasteiger partial charge in [-0.25, -0.2) is 14.6 Å². The number of azo groups is 1. The molecule has 0 saturated heterocycles. The number of carbonyl (C=O) groups is 2. The molecule has 3 aromatic rings. The lowest BCUT2D eigenvalue weighted by atomic mass is 9.80. The largest absolute Gasteiger partial charge is 0.494 e. The summed E-state index contributed by atoms with van der Waals surface area (Å²) in [5.41, 5.74) is 2.61. The lowest BCUT2D eigenvalue weighted by Crippen LogP contribution is -2.35. The number of anilines is 2. The summed E-state index contributed by atoms with van der Waals surface area (Å²) in [6, 6.07) is 16.3. The molecule has 0 fully saturated rings. The molecule has 0 aliphatic carbocycles. The zero-order chi connectivity index (χ0) is 35.6. The normalized spacial score (nSPS) is 12.0. The van der Waals surface area contributed by atoms with Gasteiger partial charge in [-0.2, -0.15) is 10.2 Å². The van der Waals surface area contributed by atoms with Gasteiger partial charge in [0.1, 0.15) is 12.4 Å². The number of urea groups is 1. The van der Waals surface area contributed by atoms with Gasteiger partial charge >= 0.3 is 12.1 Å². The molecule has 13 nitrogen and oxygen atoms in total. The number of nitrogens with one attached hydrogen (secondary N) is 4. The average Bonchev–Trinajstić information content (AvgIpc) is 3.05. The summed E-state index contributed by atoms with van der Waals surface area (Å²) in [6.45, 7) is 15.4. The number of likely N-dealkylation sites (N-methyl/N-ethyl adjacent to an activating group) is 1. The van der Waals surface area contributed by atoms with E-state index in [2.05, 4.69) is 75.7 Å². The Kier molecular flexibility index (Phi) is 15.5. The van der Waals surface area contributed by atoms with E-state index in [-0.39, 0.29) is 29.4 Å². The van der Waals surface area contributed by atoms with Crippen LogP contribution in [0.4, 0.5) is 32.6 Å². The first-order valence-corrected chi connectivity index (χ1v) is 17.0. The molecule has 0 bridgehead atoms. The second-order valence-electron chi connectivity index (χ2n) is 12.8. The van der Waals surface area contributed by atoms with Crippen LogP contribution in [0.2, 0.25) is 0 Å². The van der Waals surface area contributed by atoms with Crippen LogP contribution in [-0.4, -0.2) is 61.5 Å². The van der Waals surface area contributed by atoms with E-state index in [1.165, 1.54) is 6.07 Å². The number of hydrogen-bond donors (Lipinski definition) is 4. The van der Waals surface area contributed by atoms with Crippen molar-refractivity contribution < 1.29 is 19.1 Å². The Morgan fingerprint density at radius 1 is 1.00 bits per heavy atom. The topological polar surface area (TPSA) is 162 Å². The van der Waals surface area contributed by atoms with Crippen molar-refractivity contribution in [3.8, 4) is 5.75 Å². The van der Waals surface area contributed by atoms with Gasteiger partial charge in [-0.05, 0) is 93.0 Å². The van der Waals surface area contributed by atoms with Gasteiger partial charge in [0.25, 0.3) is 5.56 Å². The van der Waals surface area contributed by atoms with Crippen LogP contribution in [0, 0.1) is 18.3 Å². The number of unbranched alkanes of at least 4 members (excludes halogenated alkanes) is 1. The molecule has 4 N–H and O–H groups in total. The fourth-order valence-electron chi connectivity index (χ4n) is 5.24. The number of rotatable bonds is 19. The van der Waals surface area contributed by atoms with Crippen molar-refractivity contribution in [3.05, 3.63) is 70.6 Å². The number of benzene rings is 2. The quantitative estimate of drug-likeness (QED) is 0.0755. The van der Waals surface area contributed by atoms with Gasteiger partial charge in [0.15, 0.2) is 0 Å². The van der Waals surface area contributed by atoms with E-state index in [1.807, 2.05) is 48.5 Å². The monoisotopic (exact) mass is 676 g/mol. The zero-order valence-electron chi connectivity index (χ0n) is 29.7. The molecular formula is C36H52N8O5. The number of H-pyrrole nitrogens is 1. The maximum atomic E-state index is 12.4. The van der Waals surface area contributed by atoms with E-state index in [0.29, 0.717) is 31.9 Å². The molecule has 266 valence electrons. The van der Waals surface area contributed by atoms with Gasteiger partial charge in [0.05, 0.1) is 24.5 Å². The molecule has 13 heteroatoms. The smallest absolute Gasteiger partial charge is 0.407 e. The summed E-state index contributed by atoms with van der Waals surface area (Å²) in [6.07, 6.45) is 3.26. The van der Waals surface area contributed by atoms with Crippen LogP contribution >= 0.6 is 0 Å². The molecule has 2 aromatic carbocycles. The summed E-state index contributed by atoms with van der Waals surface area (Å²) in [7, 11) is 0. The summed E-state index contributed by atoms with van der Waals surface area (Å²) in [5.74, 6) is 1.12. The molecule has 0 radical (unpaired) electrons. The molecule has 1 unspecified atom stereocenters. The van der Waals surface area contributed by atoms with Crippen molar-refractivity contribution in [2.75, 3.05) is 49.6 Å². The minimum atomic E-state index is -0.447. The van der Waals surface area contributed by atoms with Gasteiger partial charge in [-0.1, -0.05) is 34.1 Å². The first kappa shape index (κ1) is 38.5. The van der Waals surface area contributed by atoms with E-state index >= 15 is 0 Å². The fourth-order valence-corrected chi connectivity index (χ4v) is 5.24. The number of nitrogens with zero attached hydrogens (tertiary/aromatic N) is 4. The molecule has 3 rings (SSSR count). The van der Waals surface area contributed by atoms with Crippen LogP contribution in [0.3, 0.4) is 0 Å². The molecule has 0 aliphatic rings. The number of hydrogen-bond acceptors (Lipinski definition) is 9. The third kappa shape index (κ3) is 14.8. The maximum Gasteiger partial charge on any atom is 0.407 e. The predicted octanol–water partition coefficient (Wildman–Crippen LogP) is 7.49. The Hall–Kier alpha value is -4.94. The minimum Gasteiger partial charge on any atom is -0.494 e. The molecule has 3 amide bonds. The molecule has 1 aromatic heterocycles. The van der Waals surface area contributed by atoms with Gasteiger partial charge in [0, 0.05) is 37.1 Å². The molecule has 1 heterocycles. The second-order valence-corrected chi connectivity index (χ2v) is 12.8. The van der Waals surface area contributed by atoms with Crippen molar-refractivity contribution in [1.29, 1.82) is 0 Å². The van der Waals surface area contributed by atoms with E-state index in [4.69, 9.17) is 9.47 Å². The Bertz CT molecular complexity index is 1540. The highest BCUT2D eigenvalue weighted by atomic mass is 16.5. The van der Waals surface area contributed by atoms with Crippen LogP contribution in [0.1, 0.15) is 66.0 Å². The number of ether oxygens (including phenoxy) is 2. The van der Waals surface area contributed by atoms with Crippen LogP contribution < -0.4 is 31.1 Å². The summed E-state index contributed by atoms with van der Waals surface area (Å²) < 4.78 is 11.1. The summed E-state index contributed by atoms with van der Waals surface area (Å²) in [5, 5.41) is 16.9. The minimum absolute atomic E-state index is 0.0770. The van der Waals surface area contributed by atoms with Crippen LogP contribution in [0.25, 0.3) is 0 Å². The van der Waals surface area contributed by atoms with Crippen molar-refractivity contribution in [2.45, 2.75) is 67.2 Å². The van der Waals surface area contributed by atoms with E-state index in [0.717, 1.165) is 55.0 Å². The fraction of sp³-hybridized carbons (Fsp3) is 0.500. The predicted molar refractivity (Wildman–Crippen MR) is 193 cm³/mol. The Morgan fingerprint density at radius 3 is 2.31 bits per heavy atom. The third-order valence-corrected chi connectivity index (χ3v) is 7.76. The van der Waals surface area contributed by atoms with Crippen LogP contribution in [0.5, 0.6) is 5.75 Å².